The van der Waals surface area contributed by atoms with E-state index in [0.29, 0.717) is 25.0 Å². The zero-order chi connectivity index (χ0) is 11.5. The van der Waals surface area contributed by atoms with Gasteiger partial charge in [0.25, 0.3) is 5.89 Å². The van der Waals surface area contributed by atoms with Gasteiger partial charge in [0, 0.05) is 19.0 Å². The van der Waals surface area contributed by atoms with Crippen molar-refractivity contribution in [2.24, 2.45) is 0 Å². The highest BCUT2D eigenvalue weighted by Gasteiger charge is 2.28. The summed E-state index contributed by atoms with van der Waals surface area (Å²) in [7, 11) is 0. The summed E-state index contributed by atoms with van der Waals surface area (Å²) < 4.78 is 16.1. The van der Waals surface area contributed by atoms with E-state index >= 15 is 0 Å². The van der Waals surface area contributed by atoms with E-state index in [0.717, 1.165) is 25.5 Å². The molecule has 1 aromatic rings. The summed E-state index contributed by atoms with van der Waals surface area (Å²) in [4.78, 5) is 4.30. The predicted molar refractivity (Wildman–Crippen MR) is 58.5 cm³/mol. The van der Waals surface area contributed by atoms with Crippen LogP contribution >= 0.6 is 0 Å². The fraction of sp³-hybridized carbons (Fsp3) is 0.818. The minimum absolute atomic E-state index is 0.134. The molecule has 2 aliphatic rings. The molecule has 1 unspecified atom stereocenters. The Bertz CT molecular complexity index is 359. The normalized spacial score (nSPS) is 25.1. The summed E-state index contributed by atoms with van der Waals surface area (Å²) in [6.45, 7) is 3.45. The first-order valence-electron chi connectivity index (χ1n) is 6.14. The molecule has 0 bridgehead atoms. The van der Waals surface area contributed by atoms with Gasteiger partial charge < -0.3 is 19.3 Å². The summed E-state index contributed by atoms with van der Waals surface area (Å²) in [5.74, 6) is 1.92. The van der Waals surface area contributed by atoms with Crippen LogP contribution in [0.1, 0.15) is 30.5 Å². The van der Waals surface area contributed by atoms with Gasteiger partial charge in [0.2, 0.25) is 0 Å². The van der Waals surface area contributed by atoms with Crippen LogP contribution in [0, 0.1) is 0 Å². The smallest absolute Gasteiger partial charge is 0.252 e. The lowest BCUT2D eigenvalue weighted by Gasteiger charge is -2.22. The van der Waals surface area contributed by atoms with Crippen LogP contribution in [-0.2, 0) is 16.1 Å². The van der Waals surface area contributed by atoms with Gasteiger partial charge in [-0.2, -0.15) is 4.98 Å². The molecule has 1 saturated carbocycles. The second kappa shape index (κ2) is 5.12. The molecule has 0 aromatic carbocycles. The van der Waals surface area contributed by atoms with Crippen LogP contribution in [0.4, 0.5) is 0 Å². The van der Waals surface area contributed by atoms with Crippen molar-refractivity contribution in [3.05, 3.63) is 11.7 Å². The third-order valence-corrected chi connectivity index (χ3v) is 2.96. The molecule has 1 aliphatic carbocycles. The average Bonchev–Trinajstić information content (AvgIpc) is 3.11. The minimum Gasteiger partial charge on any atom is -0.373 e. The molecule has 6 heteroatoms. The number of hydrogen-bond acceptors (Lipinski definition) is 6. The van der Waals surface area contributed by atoms with Crippen LogP contribution in [0.2, 0.25) is 0 Å². The van der Waals surface area contributed by atoms with E-state index in [-0.39, 0.29) is 6.10 Å². The summed E-state index contributed by atoms with van der Waals surface area (Å²) in [5, 5.41) is 7.19. The van der Waals surface area contributed by atoms with Crippen molar-refractivity contribution in [1.29, 1.82) is 0 Å². The number of morpholine rings is 1. The van der Waals surface area contributed by atoms with Gasteiger partial charge in [-0.15, -0.1) is 0 Å². The molecule has 2 fully saturated rings. The molecular formula is C11H17N3O3. The Hall–Kier alpha value is -0.980. The third-order valence-electron chi connectivity index (χ3n) is 2.96. The fourth-order valence-corrected chi connectivity index (χ4v) is 1.84. The Morgan fingerprint density at radius 2 is 2.35 bits per heavy atom. The molecule has 0 spiro atoms. The van der Waals surface area contributed by atoms with Crippen molar-refractivity contribution in [2.75, 3.05) is 26.3 Å². The van der Waals surface area contributed by atoms with E-state index in [1.54, 1.807) is 0 Å². The zero-order valence-electron chi connectivity index (χ0n) is 9.72. The van der Waals surface area contributed by atoms with Crippen molar-refractivity contribution in [3.8, 4) is 0 Å². The van der Waals surface area contributed by atoms with Crippen molar-refractivity contribution >= 4 is 0 Å². The number of ether oxygens (including phenoxy) is 2. The van der Waals surface area contributed by atoms with E-state index < -0.39 is 0 Å². The van der Waals surface area contributed by atoms with Crippen molar-refractivity contribution in [2.45, 2.75) is 31.5 Å². The third kappa shape index (κ3) is 3.02. The van der Waals surface area contributed by atoms with Crippen molar-refractivity contribution in [1.82, 2.24) is 15.5 Å². The quantitative estimate of drug-likeness (QED) is 0.804. The Labute approximate surface area is 99.7 Å². The second-order valence-corrected chi connectivity index (χ2v) is 4.53. The van der Waals surface area contributed by atoms with Crippen LogP contribution in [0.3, 0.4) is 0 Å². The summed E-state index contributed by atoms with van der Waals surface area (Å²) in [5.41, 5.74) is 0. The van der Waals surface area contributed by atoms with Crippen LogP contribution < -0.4 is 5.32 Å². The molecule has 0 radical (unpaired) electrons. The Morgan fingerprint density at radius 3 is 3.12 bits per heavy atom. The standard InChI is InChI=1S/C11H17N3O3/c1-2-8(1)11-13-10(17-14-11)7-15-6-9-5-12-3-4-16-9/h8-9,12H,1-7H2. The van der Waals surface area contributed by atoms with Gasteiger partial charge in [-0.05, 0) is 12.8 Å². The number of rotatable bonds is 5. The van der Waals surface area contributed by atoms with Gasteiger partial charge in [0.1, 0.15) is 6.61 Å². The molecule has 3 rings (SSSR count). The molecule has 17 heavy (non-hydrogen) atoms. The first-order valence-corrected chi connectivity index (χ1v) is 6.14. The number of nitrogens with zero attached hydrogens (tertiary/aromatic N) is 2. The number of nitrogens with one attached hydrogen (secondary N) is 1. The molecule has 1 aromatic heterocycles. The lowest BCUT2D eigenvalue weighted by Crippen LogP contribution is -2.40. The molecule has 1 atom stereocenters. The predicted octanol–water partition coefficient (Wildman–Crippen LogP) is 0.452. The average molecular weight is 239 g/mol. The van der Waals surface area contributed by atoms with Crippen LogP contribution in [0.15, 0.2) is 4.52 Å². The lowest BCUT2D eigenvalue weighted by molar-refractivity contribution is -0.0398. The maximum Gasteiger partial charge on any atom is 0.252 e. The van der Waals surface area contributed by atoms with Crippen molar-refractivity contribution < 1.29 is 14.0 Å². The summed E-state index contributed by atoms with van der Waals surface area (Å²) >= 11 is 0. The van der Waals surface area contributed by atoms with Crippen LogP contribution in [-0.4, -0.2) is 42.5 Å². The highest BCUT2D eigenvalue weighted by Crippen LogP contribution is 2.38. The van der Waals surface area contributed by atoms with Gasteiger partial charge in [-0.25, -0.2) is 0 Å². The second-order valence-electron chi connectivity index (χ2n) is 4.53. The number of hydrogen-bond donors (Lipinski definition) is 1. The van der Waals surface area contributed by atoms with Crippen molar-refractivity contribution in [3.63, 3.8) is 0 Å². The van der Waals surface area contributed by atoms with E-state index in [2.05, 4.69) is 15.5 Å². The van der Waals surface area contributed by atoms with Gasteiger partial charge >= 0.3 is 0 Å². The number of aromatic nitrogens is 2. The maximum atomic E-state index is 5.52. The Morgan fingerprint density at radius 1 is 1.41 bits per heavy atom. The molecule has 1 N–H and O–H groups in total. The summed E-state index contributed by atoms with van der Waals surface area (Å²) in [6, 6.07) is 0. The van der Waals surface area contributed by atoms with Gasteiger partial charge in [-0.3, -0.25) is 0 Å². The molecule has 0 amide bonds. The van der Waals surface area contributed by atoms with Crippen LogP contribution in [0.5, 0.6) is 0 Å². The Kier molecular flexibility index (Phi) is 3.35. The first kappa shape index (κ1) is 11.1. The zero-order valence-corrected chi connectivity index (χ0v) is 9.72. The van der Waals surface area contributed by atoms with Gasteiger partial charge in [0.05, 0.1) is 19.3 Å². The lowest BCUT2D eigenvalue weighted by atomic mass is 10.3. The topological polar surface area (TPSA) is 69.4 Å². The molecule has 1 aliphatic heterocycles. The monoisotopic (exact) mass is 239 g/mol. The fourth-order valence-electron chi connectivity index (χ4n) is 1.84. The van der Waals surface area contributed by atoms with E-state index in [1.165, 1.54) is 12.8 Å². The Balaban J connectivity index is 1.40. The molecule has 1 saturated heterocycles. The largest absolute Gasteiger partial charge is 0.373 e. The highest BCUT2D eigenvalue weighted by atomic mass is 16.5. The first-order chi connectivity index (χ1) is 8.42. The van der Waals surface area contributed by atoms with E-state index in [1.807, 2.05) is 0 Å². The van der Waals surface area contributed by atoms with Gasteiger partial charge in [-0.1, -0.05) is 5.16 Å². The summed E-state index contributed by atoms with van der Waals surface area (Å²) in [6.07, 6.45) is 2.50. The molecule has 6 nitrogen and oxygen atoms in total. The molecule has 94 valence electrons. The SMILES string of the molecule is C1COC(COCc2nc(C3CC3)no2)CN1. The van der Waals surface area contributed by atoms with Crippen LogP contribution in [0.25, 0.3) is 0 Å². The molecular weight excluding hydrogens is 222 g/mol. The highest BCUT2D eigenvalue weighted by molar-refractivity contribution is 5.02. The minimum atomic E-state index is 0.134. The van der Waals surface area contributed by atoms with Gasteiger partial charge in [0.15, 0.2) is 5.82 Å². The van der Waals surface area contributed by atoms with E-state index in [4.69, 9.17) is 14.0 Å². The molecule has 2 heterocycles. The van der Waals surface area contributed by atoms with E-state index in [9.17, 15) is 0 Å². The maximum absolute atomic E-state index is 5.52.